The van der Waals surface area contributed by atoms with E-state index in [1.807, 2.05) is 0 Å². The third-order valence-corrected chi connectivity index (χ3v) is 10.5. The molecule has 10 nitrogen and oxygen atoms in total. The van der Waals surface area contributed by atoms with Gasteiger partial charge in [-0.1, -0.05) is 30.2 Å². The number of anilines is 1. The second kappa shape index (κ2) is 11.1. The van der Waals surface area contributed by atoms with Crippen LogP contribution in [0.4, 0.5) is 19.0 Å². The van der Waals surface area contributed by atoms with Gasteiger partial charge < -0.3 is 14.6 Å². The number of hydrazine groups is 1. The molecular weight excluding hydrogens is 643 g/mol. The zero-order valence-corrected chi connectivity index (χ0v) is 26.8. The average Bonchev–Trinajstić information content (AvgIpc) is 3.27. The van der Waals surface area contributed by atoms with Crippen LogP contribution in [-0.4, -0.2) is 59.7 Å². The molecule has 2 aromatic rings. The molecule has 14 heteroatoms. The number of phenols is 1. The highest BCUT2D eigenvalue weighted by Gasteiger charge is 2.64. The standard InChI is InChI=1S/C33H31ClF3N3O7/c1-14-10-21(42)19-13-18-16(27(32(19,2)28(14)43)26-22(46-4)11-15(41)12-23(26)47-5)6-7-17-25(18)31(45)40(30(17)44)39(3)29-20(34)8-9-24(38-29)33(35,36)37/h6,8-12,17-19,25,27,41H,7,13H2,1-5H3/t17-,18+,19-,25-,27+,32+/m0/s1. The maximum atomic E-state index is 14.3. The molecule has 47 heavy (non-hydrogen) atoms. The Labute approximate surface area is 272 Å². The molecule has 6 rings (SSSR count). The van der Waals surface area contributed by atoms with Crippen molar-refractivity contribution in [3.05, 3.63) is 63.8 Å². The maximum Gasteiger partial charge on any atom is 0.433 e. The lowest BCUT2D eigenvalue weighted by Crippen LogP contribution is -2.55. The van der Waals surface area contributed by atoms with Gasteiger partial charge in [-0.15, -0.1) is 0 Å². The molecule has 1 aromatic heterocycles. The van der Waals surface area contributed by atoms with E-state index in [1.54, 1.807) is 19.9 Å². The molecule has 0 radical (unpaired) electrons. The number of Topliss-reactive ketones (excluding diaryl/α,β-unsaturated/α-hetero) is 1. The van der Waals surface area contributed by atoms with Crippen LogP contribution in [0.1, 0.15) is 43.9 Å². The molecule has 1 aliphatic heterocycles. The van der Waals surface area contributed by atoms with Crippen LogP contribution in [-0.2, 0) is 25.4 Å². The predicted molar refractivity (Wildman–Crippen MR) is 162 cm³/mol. The molecule has 0 spiro atoms. The van der Waals surface area contributed by atoms with Crippen molar-refractivity contribution in [3.8, 4) is 17.2 Å². The number of pyridine rings is 1. The largest absolute Gasteiger partial charge is 0.508 e. The van der Waals surface area contributed by atoms with Crippen LogP contribution < -0.4 is 14.5 Å². The SMILES string of the molecule is COc1cc(O)cc(OC)c1[C@H]1C2=CC[C@@H]3C(=O)N(N(C)c4nc(C(F)(F)F)ccc4Cl)C(=O)[C@@H]3[C@@H]2C[C@H]2C(=O)C=C(C)C(=O)[C@@]12C. The van der Waals surface area contributed by atoms with Crippen molar-refractivity contribution in [2.75, 3.05) is 26.3 Å². The minimum atomic E-state index is -4.80. The summed E-state index contributed by atoms with van der Waals surface area (Å²) in [6, 6.07) is 4.44. The van der Waals surface area contributed by atoms with Gasteiger partial charge in [0, 0.05) is 36.6 Å². The molecule has 2 fully saturated rings. The third kappa shape index (κ3) is 4.72. The van der Waals surface area contributed by atoms with Gasteiger partial charge in [-0.3, -0.25) is 24.2 Å². The van der Waals surface area contributed by atoms with E-state index in [0.29, 0.717) is 17.2 Å². The van der Waals surface area contributed by atoms with Crippen LogP contribution in [0.2, 0.25) is 5.02 Å². The first-order valence-corrected chi connectivity index (χ1v) is 15.2. The van der Waals surface area contributed by atoms with Gasteiger partial charge in [0.1, 0.15) is 22.9 Å². The van der Waals surface area contributed by atoms with Gasteiger partial charge in [0.25, 0.3) is 11.8 Å². The highest BCUT2D eigenvalue weighted by molar-refractivity contribution is 6.33. The number of carbonyl (C=O) groups is 4. The number of carbonyl (C=O) groups excluding carboxylic acids is 4. The molecule has 248 valence electrons. The van der Waals surface area contributed by atoms with Gasteiger partial charge >= 0.3 is 6.18 Å². The van der Waals surface area contributed by atoms with Crippen LogP contribution in [0.3, 0.4) is 0 Å². The Balaban J connectivity index is 1.49. The number of amides is 2. The number of allylic oxidation sites excluding steroid dienone is 4. The summed E-state index contributed by atoms with van der Waals surface area (Å²) in [5.41, 5.74) is -1.30. The van der Waals surface area contributed by atoms with E-state index in [-0.39, 0.29) is 52.3 Å². The Bertz CT molecular complexity index is 1780. The van der Waals surface area contributed by atoms with Gasteiger partial charge in [0.15, 0.2) is 17.4 Å². The number of phenolic OH excluding ortho intramolecular Hbond substituents is 1. The maximum absolute atomic E-state index is 14.3. The van der Waals surface area contributed by atoms with Crippen molar-refractivity contribution in [2.45, 2.75) is 38.8 Å². The van der Waals surface area contributed by atoms with Gasteiger partial charge in [0.05, 0.1) is 36.5 Å². The Morgan fingerprint density at radius 2 is 1.70 bits per heavy atom. The normalized spacial score (nSPS) is 28.7. The van der Waals surface area contributed by atoms with E-state index in [0.717, 1.165) is 16.1 Å². The Kier molecular flexibility index (Phi) is 7.69. The van der Waals surface area contributed by atoms with Crippen molar-refractivity contribution < 1.29 is 46.9 Å². The quantitative estimate of drug-likeness (QED) is 0.333. The van der Waals surface area contributed by atoms with Crippen LogP contribution >= 0.6 is 11.6 Å². The summed E-state index contributed by atoms with van der Waals surface area (Å²) in [6.07, 6.45) is -1.56. The molecular formula is C33H31ClF3N3O7. The Morgan fingerprint density at radius 3 is 2.30 bits per heavy atom. The first-order chi connectivity index (χ1) is 22.1. The van der Waals surface area contributed by atoms with Crippen molar-refractivity contribution in [2.24, 2.45) is 29.1 Å². The number of alkyl halides is 3. The zero-order valence-electron chi connectivity index (χ0n) is 26.0. The van der Waals surface area contributed by atoms with E-state index in [2.05, 4.69) is 4.98 Å². The lowest BCUT2D eigenvalue weighted by molar-refractivity contribution is -0.142. The molecule has 2 heterocycles. The number of hydrogen-bond donors (Lipinski definition) is 1. The lowest BCUT2D eigenvalue weighted by atomic mass is 9.47. The molecule has 1 saturated heterocycles. The van der Waals surface area contributed by atoms with Crippen molar-refractivity contribution >= 4 is 40.8 Å². The van der Waals surface area contributed by atoms with Crippen LogP contribution in [0.5, 0.6) is 17.2 Å². The smallest absolute Gasteiger partial charge is 0.433 e. The van der Waals surface area contributed by atoms with Crippen LogP contribution in [0.25, 0.3) is 0 Å². The third-order valence-electron chi connectivity index (χ3n) is 10.2. The summed E-state index contributed by atoms with van der Waals surface area (Å²) in [7, 11) is 4.02. The number of rotatable bonds is 5. The molecule has 1 aromatic carbocycles. The number of methoxy groups -OCH3 is 2. The van der Waals surface area contributed by atoms with E-state index < -0.39 is 64.5 Å². The van der Waals surface area contributed by atoms with Gasteiger partial charge in [0.2, 0.25) is 0 Å². The monoisotopic (exact) mass is 673 g/mol. The highest BCUT2D eigenvalue weighted by atomic mass is 35.5. The second-order valence-electron chi connectivity index (χ2n) is 12.5. The number of aromatic hydroxyl groups is 1. The highest BCUT2D eigenvalue weighted by Crippen LogP contribution is 2.64. The Morgan fingerprint density at radius 1 is 1.06 bits per heavy atom. The van der Waals surface area contributed by atoms with Gasteiger partial charge in [-0.2, -0.15) is 18.2 Å². The summed E-state index contributed by atoms with van der Waals surface area (Å²) in [5, 5.41) is 11.9. The van der Waals surface area contributed by atoms with E-state index in [4.69, 9.17) is 21.1 Å². The molecule has 0 unspecified atom stereocenters. The molecule has 2 amide bonds. The van der Waals surface area contributed by atoms with Crippen LogP contribution in [0, 0.1) is 29.1 Å². The zero-order chi connectivity index (χ0) is 34.3. The molecule has 6 atom stereocenters. The fraction of sp³-hybridized carbons (Fsp3) is 0.424. The van der Waals surface area contributed by atoms with Gasteiger partial charge in [-0.05, 0) is 49.5 Å². The fourth-order valence-corrected chi connectivity index (χ4v) is 8.33. The Hall–Kier alpha value is -4.39. The first-order valence-electron chi connectivity index (χ1n) is 14.8. The number of fused-ring (bicyclic) bond motifs is 4. The fourth-order valence-electron chi connectivity index (χ4n) is 8.10. The molecule has 1 N–H and O–H groups in total. The summed E-state index contributed by atoms with van der Waals surface area (Å²) < 4.78 is 51.9. The summed E-state index contributed by atoms with van der Waals surface area (Å²) in [4.78, 5) is 59.6. The average molecular weight is 674 g/mol. The number of hydrogen-bond acceptors (Lipinski definition) is 9. The van der Waals surface area contributed by atoms with E-state index in [1.165, 1.54) is 39.5 Å². The number of imide groups is 1. The minimum absolute atomic E-state index is 0.0657. The summed E-state index contributed by atoms with van der Waals surface area (Å²) in [5.74, 6) is -6.52. The number of nitrogens with zero attached hydrogens (tertiary/aromatic N) is 3. The van der Waals surface area contributed by atoms with Crippen molar-refractivity contribution in [1.82, 2.24) is 9.99 Å². The van der Waals surface area contributed by atoms with E-state index >= 15 is 0 Å². The molecule has 4 aliphatic rings. The van der Waals surface area contributed by atoms with Gasteiger partial charge in [-0.25, -0.2) is 4.98 Å². The van der Waals surface area contributed by atoms with E-state index in [9.17, 15) is 37.5 Å². The number of halogens is 4. The molecule has 3 aliphatic carbocycles. The topological polar surface area (TPSA) is 126 Å². The lowest BCUT2D eigenvalue weighted by Gasteiger charge is -2.53. The second-order valence-corrected chi connectivity index (χ2v) is 12.9. The predicted octanol–water partition coefficient (Wildman–Crippen LogP) is 5.28. The summed E-state index contributed by atoms with van der Waals surface area (Å²) >= 11 is 6.22. The van der Waals surface area contributed by atoms with Crippen molar-refractivity contribution in [3.63, 3.8) is 0 Å². The number of ketones is 2. The molecule has 1 saturated carbocycles. The number of ether oxygens (including phenoxy) is 2. The summed E-state index contributed by atoms with van der Waals surface area (Å²) in [6.45, 7) is 3.28. The van der Waals surface area contributed by atoms with Crippen molar-refractivity contribution in [1.29, 1.82) is 0 Å². The van der Waals surface area contributed by atoms with Crippen LogP contribution in [0.15, 0.2) is 47.6 Å². The first kappa shape index (κ1) is 32.5. The minimum Gasteiger partial charge on any atom is -0.508 e. The number of aromatic nitrogens is 1. The number of benzene rings is 1. The molecule has 0 bridgehead atoms.